The Hall–Kier alpha value is -2.14. The van der Waals surface area contributed by atoms with E-state index < -0.39 is 24.2 Å². The zero-order valence-electron chi connectivity index (χ0n) is 15.6. The molecule has 29 heavy (non-hydrogen) atoms. The van der Waals surface area contributed by atoms with Gasteiger partial charge in [-0.1, -0.05) is 0 Å². The number of carbonyl (C=O) groups excluding carboxylic acids is 1. The molecule has 0 radical (unpaired) electrons. The summed E-state index contributed by atoms with van der Waals surface area (Å²) < 4.78 is 31.7. The highest BCUT2D eigenvalue weighted by Crippen LogP contribution is 2.26. The number of rotatable bonds is 4. The zero-order valence-corrected chi connectivity index (χ0v) is 16.4. The number of thiophene rings is 1. The number of amides is 1. The summed E-state index contributed by atoms with van der Waals surface area (Å²) in [5, 5.41) is 20.5. The number of alkyl halides is 3. The van der Waals surface area contributed by atoms with Crippen molar-refractivity contribution in [1.82, 2.24) is 9.80 Å². The molecule has 2 atom stereocenters. The predicted octanol–water partition coefficient (Wildman–Crippen LogP) is 2.46. The molecule has 1 aromatic rings. The highest BCUT2D eigenvalue weighted by atomic mass is 32.1. The van der Waals surface area contributed by atoms with Crippen LogP contribution in [0, 0.1) is 0 Å². The molecule has 2 N–H and O–H groups in total. The average molecular weight is 436 g/mol. The third-order valence-corrected chi connectivity index (χ3v) is 5.75. The fraction of sp³-hybridized carbons (Fsp3) is 0.611. The lowest BCUT2D eigenvalue weighted by Gasteiger charge is -2.40. The predicted molar refractivity (Wildman–Crippen MR) is 98.7 cm³/mol. The molecular weight excluding hydrogens is 413 g/mol. The summed E-state index contributed by atoms with van der Waals surface area (Å²) in [4.78, 5) is 37.0. The molecule has 7 nitrogen and oxygen atoms in total. The minimum atomic E-state index is -5.08. The van der Waals surface area contributed by atoms with Gasteiger partial charge in [0.25, 0.3) is 0 Å². The Labute approximate surface area is 169 Å². The lowest BCUT2D eigenvalue weighted by Crippen LogP contribution is -2.54. The second-order valence-corrected chi connectivity index (χ2v) is 7.75. The zero-order chi connectivity index (χ0) is 21.6. The third kappa shape index (κ3) is 6.70. The van der Waals surface area contributed by atoms with E-state index in [9.17, 15) is 27.9 Å². The summed E-state index contributed by atoms with van der Waals surface area (Å²) in [5.41, 5.74) is 0.973. The molecular formula is C18H23F3N2O5S. The maximum absolute atomic E-state index is 12.5. The molecule has 2 fully saturated rings. The number of carbonyl (C=O) groups is 3. The van der Waals surface area contributed by atoms with Crippen molar-refractivity contribution >= 4 is 29.2 Å². The maximum Gasteiger partial charge on any atom is 0.490 e. The fourth-order valence-electron chi connectivity index (χ4n) is 3.59. The van der Waals surface area contributed by atoms with Crippen molar-refractivity contribution < 1.29 is 37.8 Å². The fourth-order valence-corrected chi connectivity index (χ4v) is 4.26. The van der Waals surface area contributed by atoms with Crippen LogP contribution in [0.1, 0.15) is 31.2 Å². The first kappa shape index (κ1) is 23.1. The average Bonchev–Trinajstić information content (AvgIpc) is 3.34. The van der Waals surface area contributed by atoms with Gasteiger partial charge in [-0.3, -0.25) is 4.79 Å². The molecule has 2 aliphatic heterocycles. The molecule has 2 saturated heterocycles. The van der Waals surface area contributed by atoms with E-state index in [0.717, 1.165) is 25.1 Å². The molecule has 0 spiro atoms. The number of nitrogens with zero attached hydrogens (tertiary/aromatic N) is 2. The highest BCUT2D eigenvalue weighted by molar-refractivity contribution is 7.08. The van der Waals surface area contributed by atoms with Crippen LogP contribution in [0.15, 0.2) is 16.8 Å². The van der Waals surface area contributed by atoms with Crippen LogP contribution in [0.25, 0.3) is 0 Å². The van der Waals surface area contributed by atoms with E-state index in [1.165, 1.54) is 12.8 Å². The Bertz CT molecular complexity index is 705. The molecule has 11 heteroatoms. The summed E-state index contributed by atoms with van der Waals surface area (Å²) in [6.07, 6.45) is -0.921. The van der Waals surface area contributed by atoms with Crippen LogP contribution in [0.4, 0.5) is 13.2 Å². The number of carboxylic acids is 2. The van der Waals surface area contributed by atoms with Gasteiger partial charge in [-0.05, 0) is 61.2 Å². The third-order valence-electron chi connectivity index (χ3n) is 5.02. The van der Waals surface area contributed by atoms with E-state index in [4.69, 9.17) is 9.90 Å². The molecule has 1 aromatic heterocycles. The lowest BCUT2D eigenvalue weighted by atomic mass is 9.95. The molecule has 2 aliphatic rings. The monoisotopic (exact) mass is 436 g/mol. The molecule has 1 amide bonds. The van der Waals surface area contributed by atoms with Gasteiger partial charge in [0.15, 0.2) is 0 Å². The first-order valence-electron chi connectivity index (χ1n) is 9.17. The molecule has 3 rings (SSSR count). The number of hydrogen-bond acceptors (Lipinski definition) is 5. The summed E-state index contributed by atoms with van der Waals surface area (Å²) >= 11 is 1.56. The van der Waals surface area contributed by atoms with E-state index in [2.05, 4.69) is 4.90 Å². The maximum atomic E-state index is 12.5. The number of carboxylic acid groups (broad SMARTS) is 2. The van der Waals surface area contributed by atoms with Gasteiger partial charge in [0.1, 0.15) is 6.04 Å². The molecule has 0 aromatic carbocycles. The quantitative estimate of drug-likeness (QED) is 0.753. The van der Waals surface area contributed by atoms with Crippen LogP contribution in [-0.4, -0.2) is 75.8 Å². The van der Waals surface area contributed by atoms with Gasteiger partial charge in [-0.2, -0.15) is 24.5 Å². The standard InChI is InChI=1S/C16H22N2O3S.C2HF3O2/c19-15(9-12-4-8-22-11-12)18-7-3-13(10-14(18)16(20)21)17-5-1-2-6-17;3-2(4,5)1(6)7/h4,8,11,13-14H,1-3,5-7,9-10H2,(H,20,21);(H,6,7). The Morgan fingerprint density at radius 1 is 1.14 bits per heavy atom. The molecule has 0 aliphatic carbocycles. The number of hydrogen-bond donors (Lipinski definition) is 2. The van der Waals surface area contributed by atoms with Crippen LogP contribution in [0.3, 0.4) is 0 Å². The number of aliphatic carboxylic acids is 2. The summed E-state index contributed by atoms with van der Waals surface area (Å²) in [7, 11) is 0. The van der Waals surface area contributed by atoms with Gasteiger partial charge in [0.05, 0.1) is 6.42 Å². The second-order valence-electron chi connectivity index (χ2n) is 6.97. The SMILES string of the molecule is O=C(O)C(F)(F)F.O=C(O)C1CC(N2CCCC2)CCN1C(=O)Cc1ccsc1. The normalized spacial score (nSPS) is 22.7. The van der Waals surface area contributed by atoms with Crippen LogP contribution in [0.2, 0.25) is 0 Å². The summed E-state index contributed by atoms with van der Waals surface area (Å²) in [6.45, 7) is 2.70. The van der Waals surface area contributed by atoms with Crippen molar-refractivity contribution in [1.29, 1.82) is 0 Å². The van der Waals surface area contributed by atoms with Gasteiger partial charge in [0.2, 0.25) is 5.91 Å². The van der Waals surface area contributed by atoms with E-state index in [-0.39, 0.29) is 5.91 Å². The Morgan fingerprint density at radius 3 is 2.24 bits per heavy atom. The smallest absolute Gasteiger partial charge is 0.480 e. The van der Waals surface area contributed by atoms with Crippen molar-refractivity contribution in [3.05, 3.63) is 22.4 Å². The minimum Gasteiger partial charge on any atom is -0.480 e. The molecule has 3 heterocycles. The summed E-state index contributed by atoms with van der Waals surface area (Å²) in [5.74, 6) is -3.69. The van der Waals surface area contributed by atoms with Crippen molar-refractivity contribution in [3.63, 3.8) is 0 Å². The molecule has 0 bridgehead atoms. The number of likely N-dealkylation sites (tertiary alicyclic amines) is 2. The van der Waals surface area contributed by atoms with Gasteiger partial charge in [-0.25, -0.2) is 9.59 Å². The second kappa shape index (κ2) is 10.1. The van der Waals surface area contributed by atoms with Gasteiger partial charge in [0, 0.05) is 12.6 Å². The van der Waals surface area contributed by atoms with Gasteiger partial charge >= 0.3 is 18.1 Å². The summed E-state index contributed by atoms with van der Waals surface area (Å²) in [6, 6.07) is 1.56. The van der Waals surface area contributed by atoms with Gasteiger partial charge < -0.3 is 20.0 Å². The van der Waals surface area contributed by atoms with Crippen LogP contribution >= 0.6 is 11.3 Å². The molecule has 2 unspecified atom stereocenters. The van der Waals surface area contributed by atoms with Crippen LogP contribution in [-0.2, 0) is 20.8 Å². The van der Waals surface area contributed by atoms with E-state index in [0.29, 0.717) is 25.4 Å². The van der Waals surface area contributed by atoms with E-state index in [1.54, 1.807) is 16.2 Å². The Kier molecular flexibility index (Phi) is 8.03. The van der Waals surface area contributed by atoms with Crippen molar-refractivity contribution in [2.24, 2.45) is 0 Å². The number of halogens is 3. The molecule has 162 valence electrons. The Morgan fingerprint density at radius 2 is 1.76 bits per heavy atom. The van der Waals surface area contributed by atoms with E-state index in [1.807, 2.05) is 16.8 Å². The first-order chi connectivity index (χ1) is 13.6. The van der Waals surface area contributed by atoms with Crippen LogP contribution in [0.5, 0.6) is 0 Å². The first-order valence-corrected chi connectivity index (χ1v) is 10.1. The van der Waals surface area contributed by atoms with Crippen molar-refractivity contribution in [2.75, 3.05) is 19.6 Å². The Balaban J connectivity index is 0.000000370. The van der Waals surface area contributed by atoms with Crippen molar-refractivity contribution in [3.8, 4) is 0 Å². The van der Waals surface area contributed by atoms with E-state index >= 15 is 0 Å². The minimum absolute atomic E-state index is 0.0642. The highest BCUT2D eigenvalue weighted by Gasteiger charge is 2.39. The van der Waals surface area contributed by atoms with Gasteiger partial charge in [-0.15, -0.1) is 0 Å². The number of piperidine rings is 1. The lowest BCUT2D eigenvalue weighted by molar-refractivity contribution is -0.192. The van der Waals surface area contributed by atoms with Crippen LogP contribution < -0.4 is 0 Å². The van der Waals surface area contributed by atoms with Crippen molar-refractivity contribution in [2.45, 2.75) is 50.4 Å². The largest absolute Gasteiger partial charge is 0.490 e. The molecule has 0 saturated carbocycles. The topological polar surface area (TPSA) is 98.1 Å².